The van der Waals surface area contributed by atoms with Crippen LogP contribution in [0.1, 0.15) is 34.1 Å². The largest absolute Gasteiger partial charge is 0.480 e. The molecule has 0 saturated heterocycles. The van der Waals surface area contributed by atoms with Gasteiger partial charge in [0, 0.05) is 0 Å². The molecule has 0 aromatic rings. The van der Waals surface area contributed by atoms with Crippen LogP contribution in [0.4, 0.5) is 0 Å². The first-order valence-corrected chi connectivity index (χ1v) is 8.05. The van der Waals surface area contributed by atoms with Gasteiger partial charge in [-0.25, -0.2) is 0 Å². The van der Waals surface area contributed by atoms with Crippen LogP contribution in [0, 0.1) is 5.92 Å². The molecule has 0 aromatic carbocycles. The summed E-state index contributed by atoms with van der Waals surface area (Å²) < 4.78 is 0. The summed E-state index contributed by atoms with van der Waals surface area (Å²) in [6, 6.07) is -3.18. The zero-order valence-electron chi connectivity index (χ0n) is 14.9. The maximum Gasteiger partial charge on any atom is 0.322 e. The lowest BCUT2D eigenvalue weighted by Crippen LogP contribution is -2.60. The van der Waals surface area contributed by atoms with Crippen molar-refractivity contribution in [1.29, 1.82) is 0 Å². The number of hydrogen-bond acceptors (Lipinski definition) is 6. The molecule has 10 nitrogen and oxygen atoms in total. The van der Waals surface area contributed by atoms with Crippen molar-refractivity contribution in [2.24, 2.45) is 11.7 Å². The second kappa shape index (κ2) is 10.6. The second-order valence-electron chi connectivity index (χ2n) is 6.00. The number of carboxylic acid groups (broad SMARTS) is 1. The van der Waals surface area contributed by atoms with Gasteiger partial charge in [0.05, 0.1) is 12.1 Å². The molecule has 144 valence electrons. The van der Waals surface area contributed by atoms with Gasteiger partial charge < -0.3 is 31.9 Å². The fourth-order valence-corrected chi connectivity index (χ4v) is 1.91. The Morgan fingerprint density at radius 1 is 0.960 bits per heavy atom. The minimum Gasteiger partial charge on any atom is -0.480 e. The van der Waals surface area contributed by atoms with Crippen LogP contribution in [0.15, 0.2) is 0 Å². The highest BCUT2D eigenvalue weighted by Crippen LogP contribution is 2.09. The van der Waals surface area contributed by atoms with Gasteiger partial charge in [-0.15, -0.1) is 0 Å². The van der Waals surface area contributed by atoms with Crippen molar-refractivity contribution in [2.45, 2.75) is 58.3 Å². The molecule has 0 spiro atoms. The molecule has 0 rings (SSSR count). The first-order chi connectivity index (χ1) is 11.5. The summed E-state index contributed by atoms with van der Waals surface area (Å²) in [7, 11) is 0. The Bertz CT molecular complexity index is 494. The summed E-state index contributed by atoms with van der Waals surface area (Å²) >= 11 is 0. The molecule has 10 heteroatoms. The van der Waals surface area contributed by atoms with E-state index in [1.807, 2.05) is 0 Å². The number of hydrogen-bond donors (Lipinski definition) is 6. The van der Waals surface area contributed by atoms with Gasteiger partial charge >= 0.3 is 5.97 Å². The molecule has 5 unspecified atom stereocenters. The summed E-state index contributed by atoms with van der Waals surface area (Å²) in [5.74, 6) is -3.56. The molecule has 0 bridgehead atoms. The van der Waals surface area contributed by atoms with Crippen LogP contribution in [-0.2, 0) is 19.2 Å². The molecule has 0 fully saturated rings. The monoisotopic (exact) mass is 360 g/mol. The Kier molecular flexibility index (Phi) is 9.69. The van der Waals surface area contributed by atoms with Crippen LogP contribution < -0.4 is 21.7 Å². The van der Waals surface area contributed by atoms with E-state index < -0.39 is 54.5 Å². The summed E-state index contributed by atoms with van der Waals surface area (Å²) in [5.41, 5.74) is 5.43. The van der Waals surface area contributed by atoms with Gasteiger partial charge in [-0.3, -0.25) is 19.2 Å². The van der Waals surface area contributed by atoms with Gasteiger partial charge in [0.25, 0.3) is 0 Å². The number of aliphatic carboxylic acids is 1. The Balaban J connectivity index is 5.16. The number of aliphatic hydroxyl groups is 1. The molecule has 3 amide bonds. The molecular weight excluding hydrogens is 332 g/mol. The average Bonchev–Trinajstić information content (AvgIpc) is 2.53. The number of aliphatic hydroxyl groups excluding tert-OH is 1. The van der Waals surface area contributed by atoms with Gasteiger partial charge in [0.1, 0.15) is 18.6 Å². The molecule has 5 atom stereocenters. The third-order valence-corrected chi connectivity index (χ3v) is 3.68. The standard InChI is InChI=1S/C15H28N4O6/c1-5-7(2)11(14(24)17-6-10(21)22)18-15(25)12(9(4)20)19-13(23)8(3)16/h7-9,11-12,20H,5-6,16H2,1-4H3,(H,17,24)(H,18,25)(H,19,23)(H,21,22). The lowest BCUT2D eigenvalue weighted by atomic mass is 9.97. The van der Waals surface area contributed by atoms with Crippen LogP contribution in [0.25, 0.3) is 0 Å². The summed E-state index contributed by atoms with van der Waals surface area (Å²) in [5, 5.41) is 25.4. The molecule has 7 N–H and O–H groups in total. The van der Waals surface area contributed by atoms with E-state index >= 15 is 0 Å². The fraction of sp³-hybridized carbons (Fsp3) is 0.733. The SMILES string of the molecule is CCC(C)C(NC(=O)C(NC(=O)C(C)N)C(C)O)C(=O)NCC(=O)O. The highest BCUT2D eigenvalue weighted by molar-refractivity contribution is 5.94. The zero-order valence-corrected chi connectivity index (χ0v) is 14.9. The highest BCUT2D eigenvalue weighted by atomic mass is 16.4. The number of rotatable bonds is 10. The van der Waals surface area contributed by atoms with Crippen LogP contribution in [0.2, 0.25) is 0 Å². The van der Waals surface area contributed by atoms with Gasteiger partial charge in [0.2, 0.25) is 17.7 Å². The predicted octanol–water partition coefficient (Wildman–Crippen LogP) is -2.07. The molecule has 0 aliphatic rings. The number of carbonyl (C=O) groups excluding carboxylic acids is 3. The maximum atomic E-state index is 12.4. The van der Waals surface area contributed by atoms with Crippen molar-refractivity contribution < 1.29 is 29.4 Å². The Hall–Kier alpha value is -2.20. The zero-order chi connectivity index (χ0) is 19.7. The molecule has 0 saturated carbocycles. The van der Waals surface area contributed by atoms with Crippen molar-refractivity contribution >= 4 is 23.7 Å². The van der Waals surface area contributed by atoms with Crippen molar-refractivity contribution in [3.8, 4) is 0 Å². The summed E-state index contributed by atoms with van der Waals surface area (Å²) in [4.78, 5) is 46.8. The van der Waals surface area contributed by atoms with Crippen molar-refractivity contribution in [2.75, 3.05) is 6.54 Å². The van der Waals surface area contributed by atoms with Gasteiger partial charge in [-0.1, -0.05) is 20.3 Å². The van der Waals surface area contributed by atoms with Crippen LogP contribution in [-0.4, -0.2) is 64.7 Å². The molecular formula is C15H28N4O6. The van der Waals surface area contributed by atoms with Crippen molar-refractivity contribution in [3.63, 3.8) is 0 Å². The third kappa shape index (κ3) is 7.94. The van der Waals surface area contributed by atoms with Crippen LogP contribution >= 0.6 is 0 Å². The van der Waals surface area contributed by atoms with E-state index in [1.54, 1.807) is 13.8 Å². The molecule has 0 radical (unpaired) electrons. The lowest BCUT2D eigenvalue weighted by Gasteiger charge is -2.27. The van der Waals surface area contributed by atoms with E-state index in [0.717, 1.165) is 0 Å². The fourth-order valence-electron chi connectivity index (χ4n) is 1.91. The Labute approximate surface area is 146 Å². The van der Waals surface area contributed by atoms with Gasteiger partial charge in [0.15, 0.2) is 0 Å². The molecule has 0 aliphatic heterocycles. The Morgan fingerprint density at radius 3 is 1.88 bits per heavy atom. The average molecular weight is 360 g/mol. The number of carboxylic acids is 1. The number of nitrogens with two attached hydrogens (primary N) is 1. The molecule has 0 heterocycles. The topological polar surface area (TPSA) is 171 Å². The van der Waals surface area contributed by atoms with Crippen molar-refractivity contribution in [1.82, 2.24) is 16.0 Å². The minimum atomic E-state index is -1.29. The van der Waals surface area contributed by atoms with E-state index in [4.69, 9.17) is 10.8 Å². The predicted molar refractivity (Wildman–Crippen MR) is 89.3 cm³/mol. The number of carbonyl (C=O) groups is 4. The van der Waals surface area contributed by atoms with E-state index in [0.29, 0.717) is 6.42 Å². The van der Waals surface area contributed by atoms with Crippen LogP contribution in [0.3, 0.4) is 0 Å². The van der Waals surface area contributed by atoms with E-state index in [1.165, 1.54) is 13.8 Å². The normalized spacial score (nSPS) is 16.7. The first kappa shape index (κ1) is 22.8. The summed E-state index contributed by atoms with van der Waals surface area (Å²) in [6.45, 7) is 5.67. The maximum absolute atomic E-state index is 12.4. The van der Waals surface area contributed by atoms with Gasteiger partial charge in [-0.2, -0.15) is 0 Å². The second-order valence-corrected chi connectivity index (χ2v) is 6.00. The third-order valence-electron chi connectivity index (χ3n) is 3.68. The number of amides is 3. The van der Waals surface area contributed by atoms with Gasteiger partial charge in [-0.05, 0) is 19.8 Å². The van der Waals surface area contributed by atoms with E-state index in [-0.39, 0.29) is 5.92 Å². The smallest absolute Gasteiger partial charge is 0.322 e. The lowest BCUT2D eigenvalue weighted by molar-refractivity contribution is -0.139. The van der Waals surface area contributed by atoms with E-state index in [9.17, 15) is 24.3 Å². The molecule has 0 aromatic heterocycles. The number of nitrogens with one attached hydrogen (secondary N) is 3. The Morgan fingerprint density at radius 2 is 1.48 bits per heavy atom. The summed E-state index contributed by atoms with van der Waals surface area (Å²) in [6.07, 6.45) is -0.681. The highest BCUT2D eigenvalue weighted by Gasteiger charge is 2.32. The quantitative estimate of drug-likeness (QED) is 0.260. The molecule has 0 aliphatic carbocycles. The van der Waals surface area contributed by atoms with Crippen LogP contribution in [0.5, 0.6) is 0 Å². The minimum absolute atomic E-state index is 0.295. The molecule has 25 heavy (non-hydrogen) atoms. The van der Waals surface area contributed by atoms with E-state index in [2.05, 4.69) is 16.0 Å². The first-order valence-electron chi connectivity index (χ1n) is 8.05. The van der Waals surface area contributed by atoms with Crippen molar-refractivity contribution in [3.05, 3.63) is 0 Å².